The molecule has 0 spiro atoms. The molecule has 2 nitrogen and oxygen atoms in total. The average molecular weight is 765 g/mol. The van der Waals surface area contributed by atoms with E-state index in [9.17, 15) is 0 Å². The largest absolute Gasteiger partial charge is 0.355 e. The van der Waals surface area contributed by atoms with E-state index < -0.39 is 0 Å². The lowest BCUT2D eigenvalue weighted by atomic mass is 9.78. The van der Waals surface area contributed by atoms with E-state index in [1.165, 1.54) is 92.0 Å². The highest BCUT2D eigenvalue weighted by Crippen LogP contribution is 2.56. The number of nitrogens with zero attached hydrogens (tertiary/aromatic N) is 1. The predicted octanol–water partition coefficient (Wildman–Crippen LogP) is 15.8. The first-order valence-electron chi connectivity index (χ1n) is 20.3. The van der Waals surface area contributed by atoms with Crippen molar-refractivity contribution in [2.24, 2.45) is 0 Å². The lowest BCUT2D eigenvalue weighted by Crippen LogP contribution is -2.17. The lowest BCUT2D eigenvalue weighted by molar-refractivity contribution is 0.584. The van der Waals surface area contributed by atoms with Gasteiger partial charge in [0.1, 0.15) is 0 Å². The summed E-state index contributed by atoms with van der Waals surface area (Å²) < 4.78 is 5.02. The predicted molar refractivity (Wildman–Crippen MR) is 251 cm³/mol. The van der Waals surface area contributed by atoms with E-state index in [0.717, 1.165) is 17.1 Å². The van der Waals surface area contributed by atoms with Crippen molar-refractivity contribution in [1.29, 1.82) is 0 Å². The first kappa shape index (κ1) is 34.8. The molecule has 58 heavy (non-hydrogen) atoms. The molecule has 10 aromatic rings. The molecule has 280 valence electrons. The zero-order valence-electron chi connectivity index (χ0n) is 33.5. The van der Waals surface area contributed by atoms with Gasteiger partial charge < -0.3 is 9.88 Å². The fourth-order valence-electron chi connectivity index (χ4n) is 9.57. The van der Waals surface area contributed by atoms with E-state index in [4.69, 9.17) is 0 Å². The third-order valence-corrected chi connectivity index (χ3v) is 13.7. The molecular formula is C55H44N2S. The highest BCUT2D eigenvalue weighted by molar-refractivity contribution is 7.25. The van der Waals surface area contributed by atoms with Crippen LogP contribution in [0.5, 0.6) is 0 Å². The Morgan fingerprint density at radius 3 is 1.88 bits per heavy atom. The quantitative estimate of drug-likeness (QED) is 0.185. The number of para-hydroxylation sites is 3. The molecule has 11 rings (SSSR count). The van der Waals surface area contributed by atoms with Gasteiger partial charge >= 0.3 is 0 Å². The molecule has 0 radical (unpaired) electrons. The van der Waals surface area contributed by atoms with Crippen molar-refractivity contribution in [3.05, 3.63) is 187 Å². The Labute approximate surface area is 344 Å². The number of thiophene rings is 1. The van der Waals surface area contributed by atoms with Gasteiger partial charge in [-0.2, -0.15) is 0 Å². The van der Waals surface area contributed by atoms with Gasteiger partial charge in [0.05, 0.1) is 11.0 Å². The number of rotatable bonds is 5. The van der Waals surface area contributed by atoms with Gasteiger partial charge in [0, 0.05) is 59.0 Å². The van der Waals surface area contributed by atoms with Gasteiger partial charge in [-0.1, -0.05) is 150 Å². The molecule has 0 unspecified atom stereocenters. The molecule has 1 N–H and O–H groups in total. The van der Waals surface area contributed by atoms with Crippen molar-refractivity contribution < 1.29 is 0 Å². The van der Waals surface area contributed by atoms with Crippen molar-refractivity contribution in [1.82, 2.24) is 4.57 Å². The number of fused-ring (bicyclic) bond motifs is 9. The summed E-state index contributed by atoms with van der Waals surface area (Å²) in [7, 11) is 0. The Bertz CT molecular complexity index is 3210. The van der Waals surface area contributed by atoms with E-state index >= 15 is 0 Å². The molecule has 3 heteroatoms. The van der Waals surface area contributed by atoms with Gasteiger partial charge in [0.25, 0.3) is 0 Å². The molecule has 2 aromatic heterocycles. The van der Waals surface area contributed by atoms with Crippen LogP contribution in [-0.2, 0) is 10.8 Å². The summed E-state index contributed by atoms with van der Waals surface area (Å²) in [6, 6.07) is 63.1. The Morgan fingerprint density at radius 1 is 0.500 bits per heavy atom. The van der Waals surface area contributed by atoms with Crippen molar-refractivity contribution in [2.75, 3.05) is 5.32 Å². The van der Waals surface area contributed by atoms with Crippen LogP contribution < -0.4 is 5.32 Å². The van der Waals surface area contributed by atoms with E-state index in [-0.39, 0.29) is 10.8 Å². The average Bonchev–Trinajstić information content (AvgIpc) is 3.86. The van der Waals surface area contributed by atoms with Gasteiger partial charge in [-0.15, -0.1) is 11.3 Å². The van der Waals surface area contributed by atoms with Gasteiger partial charge in [-0.05, 0) is 105 Å². The molecule has 0 fully saturated rings. The SMILES string of the molecule is CC(C)(C)c1ccc2c(c1)C(C)(C)c1ccc(-c3ccc(-n4c5ccccc5c5ccccc54)cc3)c(-c3ccccc3Nc3ccc4sc5ccccc5c4c3)c1-2. The van der Waals surface area contributed by atoms with E-state index in [1.807, 2.05) is 11.3 Å². The van der Waals surface area contributed by atoms with Gasteiger partial charge in [0.2, 0.25) is 0 Å². The van der Waals surface area contributed by atoms with Crippen molar-refractivity contribution in [2.45, 2.75) is 45.4 Å². The second kappa shape index (κ2) is 12.8. The van der Waals surface area contributed by atoms with Crippen LogP contribution >= 0.6 is 11.3 Å². The molecule has 1 aliphatic rings. The summed E-state index contributed by atoms with van der Waals surface area (Å²) in [6.45, 7) is 11.7. The van der Waals surface area contributed by atoms with Crippen molar-refractivity contribution in [3.8, 4) is 39.1 Å². The second-order valence-corrected chi connectivity index (χ2v) is 18.5. The van der Waals surface area contributed by atoms with E-state index in [2.05, 4.69) is 214 Å². The van der Waals surface area contributed by atoms with Crippen LogP contribution in [0.1, 0.15) is 51.3 Å². The van der Waals surface area contributed by atoms with Crippen LogP contribution in [0.15, 0.2) is 170 Å². The molecule has 0 bridgehead atoms. The highest BCUT2D eigenvalue weighted by Gasteiger charge is 2.39. The molecule has 8 aromatic carbocycles. The smallest absolute Gasteiger partial charge is 0.0541 e. The second-order valence-electron chi connectivity index (χ2n) is 17.4. The van der Waals surface area contributed by atoms with Crippen LogP contribution in [0.2, 0.25) is 0 Å². The maximum atomic E-state index is 3.92. The zero-order valence-corrected chi connectivity index (χ0v) is 34.3. The van der Waals surface area contributed by atoms with Crippen molar-refractivity contribution in [3.63, 3.8) is 0 Å². The molecule has 0 aliphatic heterocycles. The standard InChI is InChI=1S/C55H44N2S/c1-54(2,3)35-24-28-42-46(32-35)55(4,5)45-30-29-38(34-22-26-37(27-23-34)57-48-19-11-7-14-39(48)40-15-8-12-20-49(40)57)52(53(42)45)43-17-6-10-18-47(43)56-36-25-31-51-44(33-36)41-16-9-13-21-50(41)58-51/h6-33,56H,1-5H3. The molecule has 0 amide bonds. The summed E-state index contributed by atoms with van der Waals surface area (Å²) in [6.07, 6.45) is 0. The summed E-state index contributed by atoms with van der Waals surface area (Å²) in [4.78, 5) is 0. The summed E-state index contributed by atoms with van der Waals surface area (Å²) >= 11 is 1.86. The monoisotopic (exact) mass is 764 g/mol. The number of aromatic nitrogens is 1. The van der Waals surface area contributed by atoms with Gasteiger partial charge in [0.15, 0.2) is 0 Å². The van der Waals surface area contributed by atoms with E-state index in [0.29, 0.717) is 0 Å². The van der Waals surface area contributed by atoms with Crippen LogP contribution in [0.4, 0.5) is 11.4 Å². The van der Waals surface area contributed by atoms with Crippen LogP contribution in [0.3, 0.4) is 0 Å². The molecule has 0 saturated carbocycles. The lowest BCUT2D eigenvalue weighted by Gasteiger charge is -2.25. The normalized spacial score (nSPS) is 13.4. The minimum atomic E-state index is -0.160. The maximum absolute atomic E-state index is 3.92. The maximum Gasteiger partial charge on any atom is 0.0541 e. The van der Waals surface area contributed by atoms with Crippen LogP contribution in [-0.4, -0.2) is 4.57 Å². The Balaban J connectivity index is 1.11. The van der Waals surface area contributed by atoms with Crippen molar-refractivity contribution >= 4 is 64.7 Å². The number of anilines is 2. The number of hydrogen-bond donors (Lipinski definition) is 1. The minimum absolute atomic E-state index is 0.0530. The summed E-state index contributed by atoms with van der Waals surface area (Å²) in [5.74, 6) is 0. The third-order valence-electron chi connectivity index (χ3n) is 12.6. The van der Waals surface area contributed by atoms with Gasteiger partial charge in [-0.25, -0.2) is 0 Å². The molecule has 2 heterocycles. The topological polar surface area (TPSA) is 17.0 Å². The Morgan fingerprint density at radius 2 is 1.14 bits per heavy atom. The molecule has 0 atom stereocenters. The Kier molecular flexibility index (Phi) is 7.68. The summed E-state index contributed by atoms with van der Waals surface area (Å²) in [5.41, 5.74) is 17.3. The highest BCUT2D eigenvalue weighted by atomic mass is 32.1. The number of hydrogen-bond acceptors (Lipinski definition) is 2. The number of benzene rings is 8. The fourth-order valence-corrected chi connectivity index (χ4v) is 10.7. The third kappa shape index (κ3) is 5.30. The van der Waals surface area contributed by atoms with Crippen LogP contribution in [0, 0.1) is 0 Å². The first-order chi connectivity index (χ1) is 28.1. The van der Waals surface area contributed by atoms with E-state index in [1.54, 1.807) is 0 Å². The molecular weight excluding hydrogens is 721 g/mol. The van der Waals surface area contributed by atoms with Gasteiger partial charge in [-0.3, -0.25) is 0 Å². The first-order valence-corrected chi connectivity index (χ1v) is 21.2. The Hall–Kier alpha value is -6.42. The minimum Gasteiger partial charge on any atom is -0.355 e. The summed E-state index contributed by atoms with van der Waals surface area (Å²) in [5, 5.41) is 9.07. The zero-order chi connectivity index (χ0) is 39.3. The molecule has 1 aliphatic carbocycles. The molecule has 0 saturated heterocycles. The number of nitrogens with one attached hydrogen (secondary N) is 1. The van der Waals surface area contributed by atoms with Crippen LogP contribution in [0.25, 0.3) is 81.0 Å². The fraction of sp³-hybridized carbons (Fsp3) is 0.127.